The van der Waals surface area contributed by atoms with Gasteiger partial charge in [-0.15, -0.1) is 24.0 Å². The minimum Gasteiger partial charge on any atom is -0.377 e. The summed E-state index contributed by atoms with van der Waals surface area (Å²) in [5.74, 6) is 1.02. The lowest BCUT2D eigenvalue weighted by atomic mass is 9.85. The molecule has 0 spiro atoms. The molecule has 1 aromatic carbocycles. The second-order valence-corrected chi connectivity index (χ2v) is 8.76. The number of nitrogens with zero attached hydrogens (tertiary/aromatic N) is 2. The summed E-state index contributed by atoms with van der Waals surface area (Å²) in [6, 6.07) is 10.2. The first-order valence-electron chi connectivity index (χ1n) is 11.9. The Labute approximate surface area is 213 Å². The molecule has 4 rings (SSSR count). The number of ether oxygens (including phenoxy) is 1. The van der Waals surface area contributed by atoms with Crippen LogP contribution in [0.1, 0.15) is 31.7 Å². The van der Waals surface area contributed by atoms with Gasteiger partial charge in [0.15, 0.2) is 5.96 Å². The molecule has 2 bridgehead atoms. The van der Waals surface area contributed by atoms with E-state index in [1.165, 1.54) is 10.5 Å². The van der Waals surface area contributed by atoms with Crippen molar-refractivity contribution in [3.8, 4) is 0 Å². The number of halogens is 1. The van der Waals surface area contributed by atoms with E-state index in [1.54, 1.807) is 0 Å². The van der Waals surface area contributed by atoms with Crippen molar-refractivity contribution in [3.63, 3.8) is 0 Å². The quantitative estimate of drug-likeness (QED) is 0.108. The zero-order chi connectivity index (χ0) is 22.3. The third kappa shape index (κ3) is 6.15. The predicted octanol–water partition coefficient (Wildman–Crippen LogP) is 2.96. The highest BCUT2D eigenvalue weighted by Crippen LogP contribution is 2.52. The third-order valence-electron chi connectivity index (χ3n) is 6.61. The number of likely N-dealkylation sites (tertiary alicyclic amines) is 1. The largest absolute Gasteiger partial charge is 0.377 e. The van der Waals surface area contributed by atoms with Crippen molar-refractivity contribution >= 4 is 41.8 Å². The summed E-state index contributed by atoms with van der Waals surface area (Å²) in [6.45, 7) is 5.73. The van der Waals surface area contributed by atoms with Crippen LogP contribution in [-0.2, 0) is 20.9 Å². The molecule has 1 saturated heterocycles. The molecule has 1 heterocycles. The van der Waals surface area contributed by atoms with E-state index in [-0.39, 0.29) is 59.5 Å². The van der Waals surface area contributed by atoms with Crippen LogP contribution in [0.2, 0.25) is 0 Å². The van der Waals surface area contributed by atoms with Crippen LogP contribution < -0.4 is 10.6 Å². The number of hydrogen-bond donors (Lipinski definition) is 2. The average molecular weight is 566 g/mol. The van der Waals surface area contributed by atoms with Gasteiger partial charge in [-0.05, 0) is 43.6 Å². The van der Waals surface area contributed by atoms with E-state index < -0.39 is 0 Å². The fourth-order valence-electron chi connectivity index (χ4n) is 5.08. The Bertz CT molecular complexity index is 830. The number of unbranched alkanes of at least 4 members (excludes halogenated alkanes) is 1. The molecule has 33 heavy (non-hydrogen) atoms. The molecule has 1 aromatic rings. The Morgan fingerprint density at radius 3 is 2.42 bits per heavy atom. The lowest BCUT2D eigenvalue weighted by molar-refractivity contribution is -0.140. The summed E-state index contributed by atoms with van der Waals surface area (Å²) in [4.78, 5) is 31.6. The number of aliphatic imine (C=N–C) groups is 1. The molecule has 7 nitrogen and oxygen atoms in total. The fraction of sp³-hybridized carbons (Fsp3) is 0.560. The van der Waals surface area contributed by atoms with E-state index in [0.29, 0.717) is 32.8 Å². The number of amides is 2. The first-order chi connectivity index (χ1) is 15.7. The standard InChI is InChI=1S/C25H34N4O3.HI/c1-2-26-25(27-12-6-7-15-32-17-18-8-4-3-5-9-18)28-13-14-29-23(30)21-19-10-11-20(16-19)22(21)24(29)31;/h3-5,8-11,19-22H,2,6-7,12-17H2,1H3,(H2,26,27,28);1H. The first kappa shape index (κ1) is 25.7. The molecular weight excluding hydrogens is 531 g/mol. The zero-order valence-corrected chi connectivity index (χ0v) is 21.6. The van der Waals surface area contributed by atoms with Crippen molar-refractivity contribution in [1.29, 1.82) is 0 Å². The maximum absolute atomic E-state index is 12.8. The van der Waals surface area contributed by atoms with E-state index >= 15 is 0 Å². The number of imide groups is 1. The maximum Gasteiger partial charge on any atom is 0.233 e. The highest BCUT2D eigenvalue weighted by Gasteiger charge is 2.58. The maximum atomic E-state index is 12.8. The molecule has 8 heteroatoms. The Hall–Kier alpha value is -1.94. The SMILES string of the molecule is CCNC(=NCCCCOCc1ccccc1)NCCN1C(=O)C2C3C=CC(C3)C2C1=O.I. The molecule has 2 aliphatic carbocycles. The van der Waals surface area contributed by atoms with Gasteiger partial charge < -0.3 is 15.4 Å². The van der Waals surface area contributed by atoms with Crippen molar-refractivity contribution in [2.45, 2.75) is 32.8 Å². The Balaban J connectivity index is 0.00000306. The summed E-state index contributed by atoms with van der Waals surface area (Å²) in [5.41, 5.74) is 1.19. The molecular formula is C25H35IN4O3. The van der Waals surface area contributed by atoms with Crippen molar-refractivity contribution < 1.29 is 14.3 Å². The monoisotopic (exact) mass is 566 g/mol. The molecule has 0 aromatic heterocycles. The number of benzene rings is 1. The van der Waals surface area contributed by atoms with Crippen LogP contribution in [-0.4, -0.2) is 55.5 Å². The molecule has 2 amide bonds. The van der Waals surface area contributed by atoms with Gasteiger partial charge in [0.05, 0.1) is 18.4 Å². The lowest BCUT2D eigenvalue weighted by Crippen LogP contribution is -2.43. The van der Waals surface area contributed by atoms with Gasteiger partial charge in [-0.2, -0.15) is 0 Å². The van der Waals surface area contributed by atoms with Gasteiger partial charge in [-0.25, -0.2) is 0 Å². The van der Waals surface area contributed by atoms with Crippen LogP contribution in [0.5, 0.6) is 0 Å². The van der Waals surface area contributed by atoms with Gasteiger partial charge in [0.2, 0.25) is 11.8 Å². The van der Waals surface area contributed by atoms with E-state index in [0.717, 1.165) is 31.8 Å². The topological polar surface area (TPSA) is 83.0 Å². The van der Waals surface area contributed by atoms with Gasteiger partial charge >= 0.3 is 0 Å². The number of rotatable bonds is 11. The molecule has 4 atom stereocenters. The highest BCUT2D eigenvalue weighted by molar-refractivity contribution is 14.0. The van der Waals surface area contributed by atoms with E-state index in [4.69, 9.17) is 4.74 Å². The average Bonchev–Trinajstić information content (AvgIpc) is 3.49. The van der Waals surface area contributed by atoms with Crippen LogP contribution >= 0.6 is 24.0 Å². The Morgan fingerprint density at radius 2 is 1.76 bits per heavy atom. The number of nitrogens with one attached hydrogen (secondary N) is 2. The normalized spacial score (nSPS) is 25.4. The number of allylic oxidation sites excluding steroid dienone is 2. The predicted molar refractivity (Wildman–Crippen MR) is 139 cm³/mol. The Morgan fingerprint density at radius 1 is 1.06 bits per heavy atom. The van der Waals surface area contributed by atoms with Crippen LogP contribution in [0, 0.1) is 23.7 Å². The summed E-state index contributed by atoms with van der Waals surface area (Å²) < 4.78 is 5.71. The minimum atomic E-state index is -0.122. The summed E-state index contributed by atoms with van der Waals surface area (Å²) >= 11 is 0. The van der Waals surface area contributed by atoms with Crippen LogP contribution in [0.4, 0.5) is 0 Å². The van der Waals surface area contributed by atoms with Crippen LogP contribution in [0.3, 0.4) is 0 Å². The number of guanidine groups is 1. The van der Waals surface area contributed by atoms with Crippen molar-refractivity contribution in [3.05, 3.63) is 48.0 Å². The Kier molecular flexibility index (Phi) is 9.73. The number of carbonyl (C=O) groups excluding carboxylic acids is 2. The lowest BCUT2D eigenvalue weighted by Gasteiger charge is -2.18. The first-order valence-corrected chi connectivity index (χ1v) is 11.9. The molecule has 0 radical (unpaired) electrons. The van der Waals surface area contributed by atoms with Crippen molar-refractivity contribution in [1.82, 2.24) is 15.5 Å². The van der Waals surface area contributed by atoms with E-state index in [1.807, 2.05) is 25.1 Å². The highest BCUT2D eigenvalue weighted by atomic mass is 127. The van der Waals surface area contributed by atoms with Gasteiger partial charge in [-0.1, -0.05) is 42.5 Å². The molecule has 1 aliphatic heterocycles. The molecule has 4 unspecified atom stereocenters. The van der Waals surface area contributed by atoms with E-state index in [2.05, 4.69) is 39.9 Å². The van der Waals surface area contributed by atoms with Gasteiger partial charge in [0.1, 0.15) is 0 Å². The second-order valence-electron chi connectivity index (χ2n) is 8.76. The number of hydrogen-bond acceptors (Lipinski definition) is 4. The minimum absolute atomic E-state index is 0. The number of fused-ring (bicyclic) bond motifs is 5. The summed E-state index contributed by atoms with van der Waals surface area (Å²) in [6.07, 6.45) is 7.11. The summed E-state index contributed by atoms with van der Waals surface area (Å²) in [7, 11) is 0. The molecule has 1 saturated carbocycles. The second kappa shape index (κ2) is 12.5. The van der Waals surface area contributed by atoms with Crippen LogP contribution in [0.15, 0.2) is 47.5 Å². The fourth-order valence-corrected chi connectivity index (χ4v) is 5.08. The van der Waals surface area contributed by atoms with Crippen molar-refractivity contribution in [2.24, 2.45) is 28.7 Å². The van der Waals surface area contributed by atoms with E-state index in [9.17, 15) is 9.59 Å². The number of carbonyl (C=O) groups is 2. The zero-order valence-electron chi connectivity index (χ0n) is 19.2. The van der Waals surface area contributed by atoms with Gasteiger partial charge in [-0.3, -0.25) is 19.5 Å². The summed E-state index contributed by atoms with van der Waals surface area (Å²) in [5, 5.41) is 6.49. The van der Waals surface area contributed by atoms with Gasteiger partial charge in [0.25, 0.3) is 0 Å². The van der Waals surface area contributed by atoms with Crippen LogP contribution in [0.25, 0.3) is 0 Å². The third-order valence-corrected chi connectivity index (χ3v) is 6.61. The van der Waals surface area contributed by atoms with Crippen molar-refractivity contribution in [2.75, 3.05) is 32.8 Å². The molecule has 2 N–H and O–H groups in total. The smallest absolute Gasteiger partial charge is 0.233 e. The molecule has 2 fully saturated rings. The molecule has 3 aliphatic rings. The van der Waals surface area contributed by atoms with Gasteiger partial charge in [0, 0.05) is 32.8 Å². The molecule has 180 valence electrons.